The molecule has 0 bridgehead atoms. The van der Waals surface area contributed by atoms with Crippen LogP contribution in [0.3, 0.4) is 0 Å². The van der Waals surface area contributed by atoms with Crippen LogP contribution in [0.4, 0.5) is 0 Å². The molecular weight excluding hydrogens is 212 g/mol. The molecule has 0 saturated carbocycles. The molecule has 1 rings (SSSR count). The van der Waals surface area contributed by atoms with E-state index in [0.29, 0.717) is 11.4 Å². The molecule has 0 aliphatic heterocycles. The van der Waals surface area contributed by atoms with Crippen LogP contribution in [0, 0.1) is 11.3 Å². The number of rotatable bonds is 2. The Balaban J connectivity index is 3.20. The fraction of sp³-hybridized carbons (Fsp3) is 0.500. The molecule has 1 heterocycles. The second kappa shape index (κ2) is 4.13. The molecule has 80 valence electrons. The first-order valence-electron chi connectivity index (χ1n) is 4.50. The van der Waals surface area contributed by atoms with Crippen molar-refractivity contribution >= 4 is 11.6 Å². The molecule has 1 aromatic rings. The van der Waals surface area contributed by atoms with Gasteiger partial charge in [-0.05, 0) is 27.9 Å². The Morgan fingerprint density at radius 1 is 1.47 bits per heavy atom. The van der Waals surface area contributed by atoms with Gasteiger partial charge in [-0.15, -0.1) is 0 Å². The maximum atomic E-state index is 8.70. The van der Waals surface area contributed by atoms with Gasteiger partial charge in [0.25, 0.3) is 0 Å². The lowest BCUT2D eigenvalue weighted by atomic mass is 10.0. The van der Waals surface area contributed by atoms with E-state index in [2.05, 4.69) is 9.97 Å². The van der Waals surface area contributed by atoms with E-state index in [9.17, 15) is 0 Å². The van der Waals surface area contributed by atoms with Gasteiger partial charge in [-0.1, -0.05) is 11.6 Å². The minimum atomic E-state index is -0.308. The Morgan fingerprint density at radius 2 is 2.07 bits per heavy atom. The van der Waals surface area contributed by atoms with Crippen LogP contribution >= 0.6 is 11.6 Å². The maximum absolute atomic E-state index is 8.70. The van der Waals surface area contributed by atoms with Gasteiger partial charge < -0.3 is 0 Å². The third kappa shape index (κ3) is 2.25. The average molecular weight is 225 g/mol. The van der Waals surface area contributed by atoms with Crippen LogP contribution in [-0.4, -0.2) is 29.0 Å². The van der Waals surface area contributed by atoms with E-state index in [0.717, 1.165) is 0 Å². The Hall–Kier alpha value is -1.18. The van der Waals surface area contributed by atoms with Gasteiger partial charge in [0.2, 0.25) is 0 Å². The maximum Gasteiger partial charge on any atom is 0.150 e. The molecule has 0 atom stereocenters. The van der Waals surface area contributed by atoms with E-state index in [1.54, 1.807) is 0 Å². The molecule has 0 aliphatic carbocycles. The van der Waals surface area contributed by atoms with Crippen LogP contribution in [0.2, 0.25) is 5.15 Å². The number of nitriles is 1. The van der Waals surface area contributed by atoms with Gasteiger partial charge in [0, 0.05) is 0 Å². The van der Waals surface area contributed by atoms with Gasteiger partial charge in [0.1, 0.15) is 17.5 Å². The zero-order valence-corrected chi connectivity index (χ0v) is 10.0. The highest BCUT2D eigenvalue weighted by atomic mass is 35.5. The summed E-state index contributed by atoms with van der Waals surface area (Å²) >= 11 is 5.85. The summed E-state index contributed by atoms with van der Waals surface area (Å²) in [4.78, 5) is 10.3. The van der Waals surface area contributed by atoms with E-state index < -0.39 is 0 Å². The summed E-state index contributed by atoms with van der Waals surface area (Å²) in [6.07, 6.45) is 1.45. The van der Waals surface area contributed by atoms with E-state index in [-0.39, 0.29) is 10.7 Å². The molecule has 0 fully saturated rings. The smallest absolute Gasteiger partial charge is 0.150 e. The van der Waals surface area contributed by atoms with Crippen molar-refractivity contribution in [3.63, 3.8) is 0 Å². The Labute approximate surface area is 94.5 Å². The van der Waals surface area contributed by atoms with Gasteiger partial charge in [-0.25, -0.2) is 9.97 Å². The monoisotopic (exact) mass is 224 g/mol. The van der Waals surface area contributed by atoms with Gasteiger partial charge >= 0.3 is 0 Å². The predicted molar refractivity (Wildman–Crippen MR) is 58.5 cm³/mol. The van der Waals surface area contributed by atoms with Crippen molar-refractivity contribution in [3.8, 4) is 6.07 Å². The third-order valence-electron chi connectivity index (χ3n) is 2.53. The van der Waals surface area contributed by atoms with Crippen LogP contribution in [0.1, 0.15) is 25.2 Å². The van der Waals surface area contributed by atoms with Crippen molar-refractivity contribution in [2.75, 3.05) is 14.1 Å². The molecule has 1 aromatic heterocycles. The summed E-state index contributed by atoms with van der Waals surface area (Å²) in [5.41, 5.74) is -0.00701. The standard InChI is InChI=1S/C10H13ClN4/c1-10(2,15(3)4)9-13-6-7(5-12)8(11)14-9/h6H,1-4H3. The fourth-order valence-electron chi connectivity index (χ4n) is 0.931. The summed E-state index contributed by atoms with van der Waals surface area (Å²) in [6, 6.07) is 1.93. The molecular formula is C10H13ClN4. The van der Waals surface area contributed by atoms with Gasteiger partial charge in [-0.2, -0.15) is 5.26 Å². The Morgan fingerprint density at radius 3 is 2.47 bits per heavy atom. The highest BCUT2D eigenvalue weighted by Gasteiger charge is 2.26. The molecule has 0 radical (unpaired) electrons. The van der Waals surface area contributed by atoms with Crippen molar-refractivity contribution in [3.05, 3.63) is 22.7 Å². The van der Waals surface area contributed by atoms with Crippen LogP contribution in [0.25, 0.3) is 0 Å². The molecule has 15 heavy (non-hydrogen) atoms. The van der Waals surface area contributed by atoms with Crippen LogP contribution in [0.5, 0.6) is 0 Å². The second-order valence-corrected chi connectivity index (χ2v) is 4.32. The summed E-state index contributed by atoms with van der Waals surface area (Å²) in [7, 11) is 3.88. The largest absolute Gasteiger partial charge is 0.298 e. The molecule has 0 saturated heterocycles. The summed E-state index contributed by atoms with van der Waals surface area (Å²) < 4.78 is 0. The molecule has 4 nitrogen and oxygen atoms in total. The molecule has 0 unspecified atom stereocenters. The lowest BCUT2D eigenvalue weighted by Crippen LogP contribution is -2.37. The summed E-state index contributed by atoms with van der Waals surface area (Å²) in [6.45, 7) is 3.98. The number of halogens is 1. The summed E-state index contributed by atoms with van der Waals surface area (Å²) in [5.74, 6) is 0.608. The molecule has 0 amide bonds. The highest BCUT2D eigenvalue weighted by Crippen LogP contribution is 2.23. The number of nitrogens with zero attached hydrogens (tertiary/aromatic N) is 4. The van der Waals surface area contributed by atoms with Crippen LogP contribution in [-0.2, 0) is 5.54 Å². The Bertz CT molecular complexity index is 406. The second-order valence-electron chi connectivity index (χ2n) is 3.96. The highest BCUT2D eigenvalue weighted by molar-refractivity contribution is 6.30. The van der Waals surface area contributed by atoms with E-state index in [1.807, 2.05) is 38.9 Å². The molecule has 0 aliphatic rings. The molecule has 0 spiro atoms. The van der Waals surface area contributed by atoms with Gasteiger partial charge in [-0.3, -0.25) is 4.90 Å². The van der Waals surface area contributed by atoms with Crippen LogP contribution < -0.4 is 0 Å². The minimum absolute atomic E-state index is 0.206. The number of aromatic nitrogens is 2. The first kappa shape index (κ1) is 11.9. The number of hydrogen-bond acceptors (Lipinski definition) is 4. The quantitative estimate of drug-likeness (QED) is 0.719. The Kier molecular flexibility index (Phi) is 3.28. The van der Waals surface area contributed by atoms with Crippen molar-refractivity contribution in [1.29, 1.82) is 5.26 Å². The fourth-order valence-corrected chi connectivity index (χ4v) is 1.10. The first-order chi connectivity index (χ1) is 6.89. The van der Waals surface area contributed by atoms with E-state index in [1.165, 1.54) is 6.20 Å². The van der Waals surface area contributed by atoms with Crippen LogP contribution in [0.15, 0.2) is 6.20 Å². The first-order valence-corrected chi connectivity index (χ1v) is 4.88. The molecule has 0 N–H and O–H groups in total. The zero-order valence-electron chi connectivity index (χ0n) is 9.24. The van der Waals surface area contributed by atoms with Crippen molar-refractivity contribution in [2.45, 2.75) is 19.4 Å². The zero-order chi connectivity index (χ0) is 11.6. The van der Waals surface area contributed by atoms with Crippen molar-refractivity contribution in [1.82, 2.24) is 14.9 Å². The average Bonchev–Trinajstić information content (AvgIpc) is 2.17. The van der Waals surface area contributed by atoms with Crippen molar-refractivity contribution in [2.24, 2.45) is 0 Å². The van der Waals surface area contributed by atoms with E-state index >= 15 is 0 Å². The SMILES string of the molecule is CN(C)C(C)(C)c1ncc(C#N)c(Cl)n1. The molecule has 0 aromatic carbocycles. The minimum Gasteiger partial charge on any atom is -0.298 e. The van der Waals surface area contributed by atoms with Crippen molar-refractivity contribution < 1.29 is 0 Å². The predicted octanol–water partition coefficient (Wildman–Crippen LogP) is 1.80. The van der Waals surface area contributed by atoms with E-state index in [4.69, 9.17) is 16.9 Å². The van der Waals surface area contributed by atoms with Gasteiger partial charge in [0.15, 0.2) is 5.15 Å². The topological polar surface area (TPSA) is 52.8 Å². The van der Waals surface area contributed by atoms with Gasteiger partial charge in [0.05, 0.1) is 11.7 Å². The number of hydrogen-bond donors (Lipinski definition) is 0. The normalized spacial score (nSPS) is 11.5. The summed E-state index contributed by atoms with van der Waals surface area (Å²) in [5, 5.41) is 8.90. The lowest BCUT2D eigenvalue weighted by Gasteiger charge is -2.30. The molecule has 5 heteroatoms. The lowest BCUT2D eigenvalue weighted by molar-refractivity contribution is 0.185. The third-order valence-corrected chi connectivity index (χ3v) is 2.82.